The highest BCUT2D eigenvalue weighted by Gasteiger charge is 2.14. The third-order valence-electron chi connectivity index (χ3n) is 3.49. The van der Waals surface area contributed by atoms with E-state index >= 15 is 0 Å². The summed E-state index contributed by atoms with van der Waals surface area (Å²) in [7, 11) is 1.79. The number of hydrogen-bond donors (Lipinski definition) is 2. The van der Waals surface area contributed by atoms with Gasteiger partial charge in [-0.05, 0) is 25.1 Å². The zero-order chi connectivity index (χ0) is 21.3. The van der Waals surface area contributed by atoms with Crippen LogP contribution in [0.3, 0.4) is 0 Å². The molecule has 0 unspecified atom stereocenters. The van der Waals surface area contributed by atoms with Gasteiger partial charge in [-0.3, -0.25) is 0 Å². The van der Waals surface area contributed by atoms with Gasteiger partial charge in [0.05, 0.1) is 28.9 Å². The number of anilines is 1. The Morgan fingerprint density at radius 3 is 2.39 bits per heavy atom. The summed E-state index contributed by atoms with van der Waals surface area (Å²) in [6.07, 6.45) is 6.79. The van der Waals surface area contributed by atoms with E-state index in [0.29, 0.717) is 11.6 Å². The fourth-order valence-corrected chi connectivity index (χ4v) is 2.23. The Morgan fingerprint density at radius 2 is 1.93 bits per heavy atom. The molecular weight excluding hydrogens is 362 g/mol. The van der Waals surface area contributed by atoms with Crippen molar-refractivity contribution in [3.05, 3.63) is 64.9 Å². The van der Waals surface area contributed by atoms with E-state index in [2.05, 4.69) is 30.7 Å². The van der Waals surface area contributed by atoms with Crippen molar-refractivity contribution in [2.24, 2.45) is 7.05 Å². The standard InChI is InChI=1S/C18H16F2N4O.C3H8/c1-4-16-17(24(3)10-22-16)5-11(2)23-18-14(19)6-12(7-15(18)20)13(8-21)9-25;1-3-2/h4-7,9-10,23,25H,2H2,1,3H3;3H2,1-2H3/b13-9-,16-4+,17-5+;. The zero-order valence-electron chi connectivity index (χ0n) is 16.4. The van der Waals surface area contributed by atoms with Crippen molar-refractivity contribution in [2.75, 3.05) is 5.32 Å². The van der Waals surface area contributed by atoms with Gasteiger partial charge in [0.1, 0.15) is 23.4 Å². The summed E-state index contributed by atoms with van der Waals surface area (Å²) in [5.41, 5.74) is -0.442. The Kier molecular flexibility index (Phi) is 8.63. The number of imidazole rings is 1. The lowest BCUT2D eigenvalue weighted by molar-refractivity contribution is 0.476. The van der Waals surface area contributed by atoms with Crippen LogP contribution in [-0.2, 0) is 7.05 Å². The van der Waals surface area contributed by atoms with Crippen LogP contribution in [0, 0.1) is 23.0 Å². The second-order valence-corrected chi connectivity index (χ2v) is 5.89. The fraction of sp³-hybridized carbons (Fsp3) is 0.238. The highest BCUT2D eigenvalue weighted by atomic mass is 19.1. The second-order valence-electron chi connectivity index (χ2n) is 5.89. The van der Waals surface area contributed by atoms with E-state index in [1.807, 2.05) is 6.92 Å². The number of rotatable bonds is 4. The van der Waals surface area contributed by atoms with Crippen molar-refractivity contribution in [3.8, 4) is 6.07 Å². The van der Waals surface area contributed by atoms with Crippen LogP contribution in [0.5, 0.6) is 0 Å². The first kappa shape index (κ1) is 22.6. The Bertz CT molecular complexity index is 1010. The molecule has 0 bridgehead atoms. The number of aromatic nitrogens is 2. The van der Waals surface area contributed by atoms with E-state index in [4.69, 9.17) is 10.4 Å². The largest absolute Gasteiger partial charge is 0.514 e. The highest BCUT2D eigenvalue weighted by molar-refractivity contribution is 5.77. The van der Waals surface area contributed by atoms with Crippen molar-refractivity contribution in [3.63, 3.8) is 0 Å². The molecule has 0 spiro atoms. The number of halogens is 2. The minimum atomic E-state index is -0.911. The van der Waals surface area contributed by atoms with Gasteiger partial charge in [0.25, 0.3) is 0 Å². The smallest absolute Gasteiger partial charge is 0.150 e. The summed E-state index contributed by atoms with van der Waals surface area (Å²) in [5, 5.41) is 21.8. The molecule has 1 aromatic heterocycles. The first-order chi connectivity index (χ1) is 13.3. The molecule has 0 fully saturated rings. The third-order valence-corrected chi connectivity index (χ3v) is 3.49. The van der Waals surface area contributed by atoms with E-state index < -0.39 is 17.3 Å². The molecule has 2 aromatic rings. The lowest BCUT2D eigenvalue weighted by Gasteiger charge is -2.10. The summed E-state index contributed by atoms with van der Waals surface area (Å²) in [6, 6.07) is 3.57. The molecule has 28 heavy (non-hydrogen) atoms. The van der Waals surface area contributed by atoms with Crippen molar-refractivity contribution in [1.82, 2.24) is 9.55 Å². The number of nitrogens with zero attached hydrogens (tertiary/aromatic N) is 3. The Balaban J connectivity index is 0.00000122. The Morgan fingerprint density at radius 1 is 1.36 bits per heavy atom. The number of allylic oxidation sites excluding steroid dienone is 2. The van der Waals surface area contributed by atoms with Crippen LogP contribution >= 0.6 is 0 Å². The average Bonchev–Trinajstić information content (AvgIpc) is 2.99. The topological polar surface area (TPSA) is 73.9 Å². The van der Waals surface area contributed by atoms with E-state index in [-0.39, 0.29) is 16.8 Å². The van der Waals surface area contributed by atoms with Gasteiger partial charge >= 0.3 is 0 Å². The van der Waals surface area contributed by atoms with Gasteiger partial charge in [-0.2, -0.15) is 5.26 Å². The quantitative estimate of drug-likeness (QED) is 0.620. The van der Waals surface area contributed by atoms with Gasteiger partial charge in [-0.15, -0.1) is 0 Å². The molecule has 1 aromatic carbocycles. The molecule has 0 aliphatic carbocycles. The van der Waals surface area contributed by atoms with Crippen molar-refractivity contribution >= 4 is 23.4 Å². The summed E-state index contributed by atoms with van der Waals surface area (Å²) in [6.45, 7) is 9.83. The molecule has 2 N–H and O–H groups in total. The van der Waals surface area contributed by atoms with E-state index in [1.165, 1.54) is 6.42 Å². The molecule has 0 atom stereocenters. The normalized spacial score (nSPS) is 12.2. The Hall–Kier alpha value is -3.40. The first-order valence-corrected chi connectivity index (χ1v) is 8.68. The molecular formula is C21H24F2N4O. The maximum absolute atomic E-state index is 14.2. The van der Waals surface area contributed by atoms with Gasteiger partial charge in [-0.1, -0.05) is 32.9 Å². The van der Waals surface area contributed by atoms with Crippen molar-refractivity contribution < 1.29 is 13.9 Å². The van der Waals surface area contributed by atoms with Crippen LogP contribution < -0.4 is 16.0 Å². The third kappa shape index (κ3) is 5.55. The molecule has 0 saturated carbocycles. The molecule has 148 valence electrons. The number of aryl methyl sites for hydroxylation is 1. The predicted molar refractivity (Wildman–Crippen MR) is 108 cm³/mol. The summed E-state index contributed by atoms with van der Waals surface area (Å²) < 4.78 is 30.2. The van der Waals surface area contributed by atoms with Gasteiger partial charge < -0.3 is 15.0 Å². The number of hydrogen-bond acceptors (Lipinski definition) is 4. The molecule has 0 aliphatic rings. The van der Waals surface area contributed by atoms with Gasteiger partial charge in [0, 0.05) is 18.3 Å². The molecule has 7 heteroatoms. The van der Waals surface area contributed by atoms with E-state index in [1.54, 1.807) is 36.2 Å². The van der Waals surface area contributed by atoms with E-state index in [0.717, 1.165) is 17.5 Å². The first-order valence-electron chi connectivity index (χ1n) is 8.68. The number of aliphatic hydroxyl groups excluding tert-OH is 1. The van der Waals surface area contributed by atoms with Crippen LogP contribution in [-0.4, -0.2) is 14.7 Å². The molecule has 0 amide bonds. The predicted octanol–water partition coefficient (Wildman–Crippen LogP) is 3.74. The molecule has 5 nitrogen and oxygen atoms in total. The summed E-state index contributed by atoms with van der Waals surface area (Å²) >= 11 is 0. The van der Waals surface area contributed by atoms with Crippen LogP contribution in [0.2, 0.25) is 0 Å². The number of aliphatic hydroxyl groups is 1. The number of nitrogens with one attached hydrogen (secondary N) is 1. The molecule has 0 aliphatic heterocycles. The molecule has 2 rings (SSSR count). The Labute approximate surface area is 163 Å². The van der Waals surface area contributed by atoms with Crippen LogP contribution in [0.25, 0.3) is 17.7 Å². The van der Waals surface area contributed by atoms with Gasteiger partial charge in [0.15, 0.2) is 0 Å². The molecule has 0 saturated heterocycles. The zero-order valence-corrected chi connectivity index (χ0v) is 16.4. The lowest BCUT2D eigenvalue weighted by Crippen LogP contribution is -2.29. The maximum atomic E-state index is 14.2. The van der Waals surface area contributed by atoms with Crippen LogP contribution in [0.1, 0.15) is 32.8 Å². The fourth-order valence-electron chi connectivity index (χ4n) is 2.23. The number of nitriles is 1. The van der Waals surface area contributed by atoms with Crippen molar-refractivity contribution in [2.45, 2.75) is 27.2 Å². The molecule has 1 heterocycles. The SMILES string of the molecule is C=C(/C=c1\c(=C/C)ncn1C)Nc1c(F)cc(/C(C#N)=C\O)cc1F.CCC. The highest BCUT2D eigenvalue weighted by Crippen LogP contribution is 2.25. The lowest BCUT2D eigenvalue weighted by atomic mass is 10.1. The maximum Gasteiger partial charge on any atom is 0.150 e. The summed E-state index contributed by atoms with van der Waals surface area (Å²) in [4.78, 5) is 4.18. The van der Waals surface area contributed by atoms with Crippen LogP contribution in [0.15, 0.2) is 37.0 Å². The van der Waals surface area contributed by atoms with Crippen molar-refractivity contribution in [1.29, 1.82) is 5.26 Å². The second kappa shape index (κ2) is 10.7. The van der Waals surface area contributed by atoms with Gasteiger partial charge in [-0.25, -0.2) is 13.8 Å². The van der Waals surface area contributed by atoms with E-state index in [9.17, 15) is 8.78 Å². The average molecular weight is 386 g/mol. The number of benzene rings is 1. The minimum Gasteiger partial charge on any atom is -0.514 e. The molecule has 0 radical (unpaired) electrons. The minimum absolute atomic E-state index is 0.0605. The summed E-state index contributed by atoms with van der Waals surface area (Å²) in [5.74, 6) is -1.82. The monoisotopic (exact) mass is 386 g/mol. The van der Waals surface area contributed by atoms with Crippen LogP contribution in [0.4, 0.5) is 14.5 Å². The van der Waals surface area contributed by atoms with Gasteiger partial charge in [0.2, 0.25) is 0 Å².